The Morgan fingerprint density at radius 2 is 2.32 bits per heavy atom. The summed E-state index contributed by atoms with van der Waals surface area (Å²) in [7, 11) is 0. The number of rotatable bonds is 3. The molecule has 0 unspecified atom stereocenters. The van der Waals surface area contributed by atoms with Crippen molar-refractivity contribution < 1.29 is 4.79 Å². The van der Waals surface area contributed by atoms with E-state index in [2.05, 4.69) is 29.1 Å². The highest BCUT2D eigenvalue weighted by molar-refractivity contribution is 7.12. The summed E-state index contributed by atoms with van der Waals surface area (Å²) in [6.45, 7) is 3.85. The number of carbonyl (C=O) groups excluding carboxylic acids is 1. The number of aromatic nitrogens is 2. The van der Waals surface area contributed by atoms with E-state index in [4.69, 9.17) is 0 Å². The van der Waals surface area contributed by atoms with Crippen LogP contribution in [-0.4, -0.2) is 33.7 Å². The van der Waals surface area contributed by atoms with Crippen LogP contribution in [0.4, 0.5) is 0 Å². The summed E-state index contributed by atoms with van der Waals surface area (Å²) >= 11 is 1.84. The Labute approximate surface area is 134 Å². The van der Waals surface area contributed by atoms with E-state index in [-0.39, 0.29) is 5.92 Å². The molecule has 1 amide bonds. The number of aryl methyl sites for hydroxylation is 1. The fraction of sp³-hybridized carbons (Fsp3) is 0.529. The number of likely N-dealkylation sites (tertiary alicyclic amines) is 1. The lowest BCUT2D eigenvalue weighted by atomic mass is 10.1. The maximum Gasteiger partial charge on any atom is 0.226 e. The molecule has 2 aromatic heterocycles. The number of carbonyl (C=O) groups is 1. The minimum Gasteiger partial charge on any atom is -0.340 e. The van der Waals surface area contributed by atoms with Crippen molar-refractivity contribution in [3.05, 3.63) is 40.3 Å². The molecule has 1 saturated carbocycles. The average molecular weight is 315 g/mol. The second-order valence-electron chi connectivity index (χ2n) is 6.46. The smallest absolute Gasteiger partial charge is 0.226 e. The molecule has 5 heteroatoms. The van der Waals surface area contributed by atoms with Crippen molar-refractivity contribution in [2.75, 3.05) is 13.1 Å². The van der Waals surface area contributed by atoms with E-state index in [0.29, 0.717) is 17.9 Å². The predicted octanol–water partition coefficient (Wildman–Crippen LogP) is 3.22. The van der Waals surface area contributed by atoms with Crippen molar-refractivity contribution in [3.8, 4) is 0 Å². The van der Waals surface area contributed by atoms with Crippen LogP contribution < -0.4 is 0 Å². The summed E-state index contributed by atoms with van der Waals surface area (Å²) in [5.41, 5.74) is 0. The third-order valence-corrected chi connectivity index (χ3v) is 5.97. The molecule has 22 heavy (non-hydrogen) atoms. The Bertz CT molecular complexity index is 663. The molecule has 0 radical (unpaired) electrons. The lowest BCUT2D eigenvalue weighted by Gasteiger charge is -2.33. The fourth-order valence-corrected chi connectivity index (χ4v) is 4.59. The molecule has 3 heterocycles. The lowest BCUT2D eigenvalue weighted by Crippen LogP contribution is -2.41. The van der Waals surface area contributed by atoms with Gasteiger partial charge in [0.2, 0.25) is 5.91 Å². The lowest BCUT2D eigenvalue weighted by molar-refractivity contribution is -0.134. The van der Waals surface area contributed by atoms with Crippen molar-refractivity contribution in [2.45, 2.75) is 38.1 Å². The van der Waals surface area contributed by atoms with E-state index in [9.17, 15) is 4.79 Å². The third-order valence-electron chi connectivity index (χ3n) is 4.84. The SMILES string of the molecule is Cc1ccc([C@@H]2C[C@H]2C(=O)N2CCC[C@H](n3cccn3)C2)s1. The highest BCUT2D eigenvalue weighted by atomic mass is 32.1. The molecule has 0 N–H and O–H groups in total. The minimum absolute atomic E-state index is 0.217. The molecule has 0 aromatic carbocycles. The number of piperidine rings is 1. The van der Waals surface area contributed by atoms with Gasteiger partial charge in [-0.2, -0.15) is 5.10 Å². The van der Waals surface area contributed by atoms with Crippen LogP contribution in [0.15, 0.2) is 30.6 Å². The van der Waals surface area contributed by atoms with Crippen LogP contribution in [0.25, 0.3) is 0 Å². The summed E-state index contributed by atoms with van der Waals surface area (Å²) < 4.78 is 2.01. The van der Waals surface area contributed by atoms with E-state index in [1.54, 1.807) is 0 Å². The van der Waals surface area contributed by atoms with Crippen molar-refractivity contribution in [1.29, 1.82) is 0 Å². The van der Waals surface area contributed by atoms with E-state index in [1.165, 1.54) is 9.75 Å². The van der Waals surface area contributed by atoms with Crippen LogP contribution in [0.5, 0.6) is 0 Å². The number of hydrogen-bond donors (Lipinski definition) is 0. The zero-order valence-corrected chi connectivity index (χ0v) is 13.6. The van der Waals surface area contributed by atoms with Gasteiger partial charge in [-0.15, -0.1) is 11.3 Å². The largest absolute Gasteiger partial charge is 0.340 e. The van der Waals surface area contributed by atoms with Gasteiger partial charge in [-0.3, -0.25) is 9.48 Å². The molecule has 4 rings (SSSR count). The van der Waals surface area contributed by atoms with E-state index in [0.717, 1.165) is 32.4 Å². The molecule has 4 nitrogen and oxygen atoms in total. The van der Waals surface area contributed by atoms with Crippen LogP contribution in [0, 0.1) is 12.8 Å². The van der Waals surface area contributed by atoms with Gasteiger partial charge in [0.25, 0.3) is 0 Å². The number of thiophene rings is 1. The van der Waals surface area contributed by atoms with E-state index < -0.39 is 0 Å². The Balaban J connectivity index is 1.41. The molecular formula is C17H21N3OS. The zero-order chi connectivity index (χ0) is 15.1. The summed E-state index contributed by atoms with van der Waals surface area (Å²) in [5.74, 6) is 1.04. The predicted molar refractivity (Wildman–Crippen MR) is 87.0 cm³/mol. The van der Waals surface area contributed by atoms with Crippen LogP contribution in [0.3, 0.4) is 0 Å². The number of nitrogens with zero attached hydrogens (tertiary/aromatic N) is 3. The minimum atomic E-state index is 0.217. The van der Waals surface area contributed by atoms with Crippen LogP contribution in [-0.2, 0) is 4.79 Å². The average Bonchev–Trinajstić information content (AvgIpc) is 2.95. The van der Waals surface area contributed by atoms with Gasteiger partial charge >= 0.3 is 0 Å². The van der Waals surface area contributed by atoms with Gasteiger partial charge in [0, 0.05) is 47.1 Å². The van der Waals surface area contributed by atoms with Gasteiger partial charge in [0.1, 0.15) is 0 Å². The van der Waals surface area contributed by atoms with Crippen LogP contribution in [0.2, 0.25) is 0 Å². The van der Waals surface area contributed by atoms with E-state index in [1.807, 2.05) is 34.5 Å². The normalized spacial score (nSPS) is 27.9. The maximum absolute atomic E-state index is 12.8. The molecule has 2 aromatic rings. The Hall–Kier alpha value is -1.62. The van der Waals surface area contributed by atoms with Gasteiger partial charge in [-0.1, -0.05) is 0 Å². The van der Waals surface area contributed by atoms with Crippen molar-refractivity contribution in [2.24, 2.45) is 5.92 Å². The summed E-state index contributed by atoms with van der Waals surface area (Å²) in [5, 5.41) is 4.34. The first-order valence-corrected chi connectivity index (χ1v) is 8.88. The third kappa shape index (κ3) is 2.58. The van der Waals surface area contributed by atoms with Gasteiger partial charge in [-0.05, 0) is 44.4 Å². The van der Waals surface area contributed by atoms with Gasteiger partial charge in [0.15, 0.2) is 0 Å². The topological polar surface area (TPSA) is 38.1 Å². The maximum atomic E-state index is 12.8. The van der Waals surface area contributed by atoms with Crippen LogP contribution in [0.1, 0.15) is 41.0 Å². The first-order valence-electron chi connectivity index (χ1n) is 8.06. The van der Waals surface area contributed by atoms with Crippen molar-refractivity contribution >= 4 is 17.2 Å². The Morgan fingerprint density at radius 1 is 1.41 bits per heavy atom. The molecule has 0 bridgehead atoms. The Morgan fingerprint density at radius 3 is 3.05 bits per heavy atom. The highest BCUT2D eigenvalue weighted by Gasteiger charge is 2.47. The van der Waals surface area contributed by atoms with Crippen molar-refractivity contribution in [3.63, 3.8) is 0 Å². The monoisotopic (exact) mass is 315 g/mol. The van der Waals surface area contributed by atoms with Gasteiger partial charge in [0.05, 0.1) is 6.04 Å². The fourth-order valence-electron chi connectivity index (χ4n) is 3.54. The first-order chi connectivity index (χ1) is 10.7. The quantitative estimate of drug-likeness (QED) is 0.872. The second kappa shape index (κ2) is 5.54. The molecule has 3 atom stereocenters. The molecular weight excluding hydrogens is 294 g/mol. The number of hydrogen-bond acceptors (Lipinski definition) is 3. The van der Waals surface area contributed by atoms with Gasteiger partial charge in [-0.25, -0.2) is 0 Å². The second-order valence-corrected chi connectivity index (χ2v) is 7.78. The first kappa shape index (κ1) is 14.0. The highest BCUT2D eigenvalue weighted by Crippen LogP contribution is 2.50. The molecule has 1 aliphatic carbocycles. The molecule has 0 spiro atoms. The molecule has 2 aliphatic rings. The zero-order valence-electron chi connectivity index (χ0n) is 12.8. The van der Waals surface area contributed by atoms with Crippen LogP contribution >= 0.6 is 11.3 Å². The summed E-state index contributed by atoms with van der Waals surface area (Å²) in [6.07, 6.45) is 7.04. The molecule has 1 aliphatic heterocycles. The Kier molecular flexibility index (Phi) is 3.53. The molecule has 2 fully saturated rings. The standard InChI is InChI=1S/C17H21N3OS/c1-12-5-6-16(22-12)14-10-15(14)17(21)19-8-2-4-13(11-19)20-9-3-7-18-20/h3,5-7,9,13-15H,2,4,8,10-11H2,1H3/t13-,14+,15+/m0/s1. The van der Waals surface area contributed by atoms with Crippen molar-refractivity contribution in [1.82, 2.24) is 14.7 Å². The molecule has 1 saturated heterocycles. The summed E-state index contributed by atoms with van der Waals surface area (Å²) in [6, 6.07) is 6.65. The van der Waals surface area contributed by atoms with Gasteiger partial charge < -0.3 is 4.90 Å². The molecule has 116 valence electrons. The van der Waals surface area contributed by atoms with E-state index >= 15 is 0 Å². The number of amides is 1. The summed E-state index contributed by atoms with van der Waals surface area (Å²) in [4.78, 5) is 17.6.